The van der Waals surface area contributed by atoms with Gasteiger partial charge in [-0.25, -0.2) is 0 Å². The first kappa shape index (κ1) is 23.9. The fourth-order valence-electron chi connectivity index (χ4n) is 2.61. The van der Waals surface area contributed by atoms with Crippen LogP contribution in [0.5, 0.6) is 5.75 Å². The largest absolute Gasteiger partial charge is 0.607 e. The van der Waals surface area contributed by atoms with E-state index in [0.717, 1.165) is 0 Å². The Labute approximate surface area is 192 Å². The van der Waals surface area contributed by atoms with Crippen LogP contribution in [-0.2, 0) is 26.6 Å². The Morgan fingerprint density at radius 1 is 1.21 bits per heavy atom. The fourth-order valence-corrected chi connectivity index (χ4v) is 3.47. The summed E-state index contributed by atoms with van der Waals surface area (Å²) in [6.07, 6.45) is 2.45. The molecule has 3 aromatic rings. The van der Waals surface area contributed by atoms with Gasteiger partial charge < -0.3 is 23.9 Å². The minimum atomic E-state index is -1.49. The molecule has 3 rings (SSSR count). The van der Waals surface area contributed by atoms with Gasteiger partial charge in [0.05, 0.1) is 30.0 Å². The van der Waals surface area contributed by atoms with Crippen LogP contribution in [0, 0.1) is 0 Å². The first-order valence-electron chi connectivity index (χ1n) is 9.94. The number of hydrogen-bond donors (Lipinski definition) is 1. The molecule has 172 valence electrons. The van der Waals surface area contributed by atoms with Crippen molar-refractivity contribution in [2.24, 2.45) is 5.28 Å². The number of rotatable bonds is 13. The third-order valence-electron chi connectivity index (χ3n) is 4.13. The number of hydrogen-bond acceptors (Lipinski definition) is 9. The molecular weight excluding hydrogens is 450 g/mol. The van der Waals surface area contributed by atoms with Crippen molar-refractivity contribution in [3.63, 3.8) is 0 Å². The molecule has 0 fully saturated rings. The van der Waals surface area contributed by atoms with Crippen molar-refractivity contribution < 1.29 is 23.3 Å². The number of amides is 1. The maximum atomic E-state index is 12.4. The van der Waals surface area contributed by atoms with Gasteiger partial charge in [-0.15, -0.1) is 5.10 Å². The Hall–Kier alpha value is -3.80. The Balaban J connectivity index is 1.40. The molecule has 0 spiro atoms. The van der Waals surface area contributed by atoms with Crippen molar-refractivity contribution in [3.8, 4) is 17.2 Å². The monoisotopic (exact) mass is 471 g/mol. The summed E-state index contributed by atoms with van der Waals surface area (Å²) in [5.74, 6) is 0.926. The van der Waals surface area contributed by atoms with E-state index in [0.29, 0.717) is 36.5 Å². The molecule has 0 saturated heterocycles. The molecule has 0 radical (unpaired) electrons. The maximum Gasteiger partial charge on any atom is 0.436 e. The number of pyridine rings is 1. The average molecular weight is 471 g/mol. The molecule has 0 aliphatic carbocycles. The minimum absolute atomic E-state index is 0.0404. The molecule has 13 heteroatoms. The lowest BCUT2D eigenvalue weighted by atomic mass is 10.2. The molecule has 33 heavy (non-hydrogen) atoms. The van der Waals surface area contributed by atoms with E-state index in [-0.39, 0.29) is 35.9 Å². The number of carbonyl (C=O) groups is 1. The number of benzene rings is 1. The van der Waals surface area contributed by atoms with Gasteiger partial charge in [-0.05, 0) is 48.4 Å². The number of ether oxygens (including phenoxy) is 1. The lowest BCUT2D eigenvalue weighted by Crippen LogP contribution is -2.26. The first-order chi connectivity index (χ1) is 16.2. The highest BCUT2D eigenvalue weighted by Crippen LogP contribution is 2.24. The van der Waals surface area contributed by atoms with Crippen molar-refractivity contribution in [3.05, 3.63) is 64.8 Å². The number of carbonyl (C=O) groups excluding carboxylic acids is 1. The summed E-state index contributed by atoms with van der Waals surface area (Å²) >= 11 is -1.49. The van der Waals surface area contributed by atoms with Gasteiger partial charge in [-0.3, -0.25) is 9.78 Å². The zero-order valence-corrected chi connectivity index (χ0v) is 18.3. The van der Waals surface area contributed by atoms with Gasteiger partial charge in [0, 0.05) is 23.1 Å². The van der Waals surface area contributed by atoms with Crippen LogP contribution in [0.4, 0.5) is 0 Å². The molecule has 1 unspecified atom stereocenters. The van der Waals surface area contributed by atoms with Crippen LogP contribution in [0.1, 0.15) is 18.5 Å². The van der Waals surface area contributed by atoms with Gasteiger partial charge in [0.2, 0.25) is 5.91 Å². The molecule has 1 N–H and O–H groups in total. The second-order valence-electron chi connectivity index (χ2n) is 6.51. The molecule has 0 saturated carbocycles. The van der Waals surface area contributed by atoms with E-state index in [4.69, 9.17) is 14.7 Å². The van der Waals surface area contributed by atoms with Crippen LogP contribution in [0.15, 0.2) is 63.6 Å². The Kier molecular flexibility index (Phi) is 9.33. The van der Waals surface area contributed by atoms with Crippen molar-refractivity contribution in [1.82, 2.24) is 20.5 Å². The van der Waals surface area contributed by atoms with Gasteiger partial charge in [0.25, 0.3) is 5.89 Å². The minimum Gasteiger partial charge on any atom is -0.607 e. The van der Waals surface area contributed by atoms with Crippen LogP contribution >= 0.6 is 0 Å². The van der Waals surface area contributed by atoms with Crippen molar-refractivity contribution >= 4 is 17.1 Å². The third kappa shape index (κ3) is 8.00. The first-order valence-corrected chi connectivity index (χ1v) is 11.3. The molecule has 1 aromatic carbocycles. The van der Waals surface area contributed by atoms with E-state index in [2.05, 4.69) is 35.5 Å². The molecule has 12 nitrogen and oxygen atoms in total. The molecule has 1 amide bonds. The summed E-state index contributed by atoms with van der Waals surface area (Å²) < 4.78 is 23.6. The number of aromatic nitrogens is 3. The SMILES string of the molecule is [N-]=[N+]=NOCCNC(=O)CCCOc1ccc(-c2nnc([S+]([O-])Cc3ccccn3)o2)cc1. The molecule has 2 heterocycles. The summed E-state index contributed by atoms with van der Waals surface area (Å²) in [5, 5.41) is 13.4. The van der Waals surface area contributed by atoms with Crippen LogP contribution in [-0.4, -0.2) is 45.4 Å². The number of azide groups is 1. The second kappa shape index (κ2) is 12.9. The predicted octanol–water partition coefficient (Wildman–Crippen LogP) is 2.96. The molecule has 1 atom stereocenters. The zero-order valence-electron chi connectivity index (χ0n) is 17.5. The van der Waals surface area contributed by atoms with Gasteiger partial charge >= 0.3 is 5.22 Å². The summed E-state index contributed by atoms with van der Waals surface area (Å²) in [5.41, 5.74) is 9.40. The number of nitrogens with zero attached hydrogens (tertiary/aromatic N) is 6. The van der Waals surface area contributed by atoms with Gasteiger partial charge in [0.1, 0.15) is 17.6 Å². The van der Waals surface area contributed by atoms with Gasteiger partial charge in [-0.2, -0.15) is 0 Å². The van der Waals surface area contributed by atoms with Crippen LogP contribution in [0.3, 0.4) is 0 Å². The molecule has 0 aliphatic heterocycles. The zero-order chi connectivity index (χ0) is 23.3. The number of nitrogens with one attached hydrogen (secondary N) is 1. The topological polar surface area (TPSA) is 171 Å². The fraction of sp³-hybridized carbons (Fsp3) is 0.300. The second-order valence-corrected chi connectivity index (χ2v) is 7.84. The Morgan fingerprint density at radius 2 is 2.06 bits per heavy atom. The Bertz CT molecular complexity index is 1060. The van der Waals surface area contributed by atoms with Crippen LogP contribution in [0.2, 0.25) is 0 Å². The van der Waals surface area contributed by atoms with E-state index in [9.17, 15) is 9.35 Å². The van der Waals surface area contributed by atoms with E-state index in [1.807, 2.05) is 6.07 Å². The summed E-state index contributed by atoms with van der Waals surface area (Å²) in [4.78, 5) is 22.8. The Morgan fingerprint density at radius 3 is 2.82 bits per heavy atom. The maximum absolute atomic E-state index is 12.4. The summed E-state index contributed by atoms with van der Waals surface area (Å²) in [7, 11) is 0. The summed E-state index contributed by atoms with van der Waals surface area (Å²) in [6.45, 7) is 0.730. The smallest absolute Gasteiger partial charge is 0.436 e. The average Bonchev–Trinajstić information content (AvgIpc) is 3.33. The standard InChI is InChI=1S/C20H21N7O5S/c21-26-27-31-13-11-23-18(28)5-3-12-30-17-8-6-15(7-9-17)19-24-25-20(32-19)33(29)14-16-4-1-2-10-22-16/h1-2,4,6-10H,3,5,11-14H2,(H,23,28). The molecular formula is C20H21N7O5S. The highest BCUT2D eigenvalue weighted by Gasteiger charge is 2.21. The lowest BCUT2D eigenvalue weighted by Gasteiger charge is -2.07. The van der Waals surface area contributed by atoms with E-state index < -0.39 is 11.2 Å². The molecule has 0 bridgehead atoms. The third-order valence-corrected chi connectivity index (χ3v) is 5.25. The quantitative estimate of drug-likeness (QED) is 0.0989. The van der Waals surface area contributed by atoms with Crippen LogP contribution < -0.4 is 10.1 Å². The predicted molar refractivity (Wildman–Crippen MR) is 117 cm³/mol. The van der Waals surface area contributed by atoms with Gasteiger partial charge in [-0.1, -0.05) is 11.2 Å². The van der Waals surface area contributed by atoms with E-state index in [1.54, 1.807) is 42.6 Å². The molecule has 0 aliphatic rings. The summed E-state index contributed by atoms with van der Waals surface area (Å²) in [6, 6.07) is 12.4. The lowest BCUT2D eigenvalue weighted by molar-refractivity contribution is -0.121. The highest BCUT2D eigenvalue weighted by atomic mass is 32.2. The van der Waals surface area contributed by atoms with Crippen molar-refractivity contribution in [2.75, 3.05) is 19.8 Å². The van der Waals surface area contributed by atoms with Crippen molar-refractivity contribution in [2.45, 2.75) is 23.8 Å². The van der Waals surface area contributed by atoms with E-state index >= 15 is 0 Å². The molecule has 2 aromatic heterocycles. The van der Waals surface area contributed by atoms with Gasteiger partial charge in [0.15, 0.2) is 5.75 Å². The van der Waals surface area contributed by atoms with Crippen molar-refractivity contribution in [1.29, 1.82) is 0 Å². The normalized spacial score (nSPS) is 11.3. The van der Waals surface area contributed by atoms with Crippen LogP contribution in [0.25, 0.3) is 21.9 Å². The van der Waals surface area contributed by atoms with E-state index in [1.165, 1.54) is 0 Å². The highest BCUT2D eigenvalue weighted by molar-refractivity contribution is 7.90.